The Labute approximate surface area is 182 Å². The maximum absolute atomic E-state index is 13.9. The van der Waals surface area contributed by atoms with Gasteiger partial charge in [-0.15, -0.1) is 10.2 Å². The summed E-state index contributed by atoms with van der Waals surface area (Å²) in [6.07, 6.45) is -0.636. The maximum Gasteiger partial charge on any atom is 0.416 e. The van der Waals surface area contributed by atoms with Gasteiger partial charge in [0.25, 0.3) is 0 Å². The van der Waals surface area contributed by atoms with Gasteiger partial charge in [0.1, 0.15) is 11.4 Å². The first-order chi connectivity index (χ1) is 14.0. The smallest absolute Gasteiger partial charge is 0.416 e. The van der Waals surface area contributed by atoms with Gasteiger partial charge in [-0.2, -0.15) is 0 Å². The number of hydrogen-bond donors (Lipinski definition) is 1. The van der Waals surface area contributed by atoms with E-state index in [0.717, 1.165) is 6.07 Å². The zero-order chi connectivity index (χ0) is 22.2. The summed E-state index contributed by atoms with van der Waals surface area (Å²) >= 11 is 12.3. The number of ether oxygens (including phenoxy) is 1. The number of carboxylic acid groups (broad SMARTS) is 1. The zero-order valence-electron chi connectivity index (χ0n) is 16.4. The lowest BCUT2D eigenvalue weighted by Crippen LogP contribution is -2.46. The number of rotatable bonds is 3. The van der Waals surface area contributed by atoms with Gasteiger partial charge >= 0.3 is 12.1 Å². The van der Waals surface area contributed by atoms with Crippen LogP contribution in [0.5, 0.6) is 0 Å². The van der Waals surface area contributed by atoms with Crippen LogP contribution in [0.25, 0.3) is 0 Å². The summed E-state index contributed by atoms with van der Waals surface area (Å²) in [5.41, 5.74) is -0.383. The van der Waals surface area contributed by atoms with Crippen LogP contribution in [0.2, 0.25) is 10.0 Å². The van der Waals surface area contributed by atoms with Crippen LogP contribution >= 0.6 is 23.2 Å². The Morgan fingerprint density at radius 2 is 1.93 bits per heavy atom. The van der Waals surface area contributed by atoms with Crippen molar-refractivity contribution in [3.8, 4) is 0 Å². The molecule has 30 heavy (non-hydrogen) atoms. The maximum atomic E-state index is 13.9. The molecule has 0 bridgehead atoms. The average molecular weight is 457 g/mol. The molecule has 0 saturated heterocycles. The molecule has 3 rings (SSSR count). The number of fused-ring (bicyclic) bond motifs is 1. The number of carbonyl (C=O) groups is 2. The number of benzene rings is 1. The molecule has 1 N–H and O–H groups in total. The van der Waals surface area contributed by atoms with Gasteiger partial charge in [0.05, 0.1) is 10.7 Å². The number of carboxylic acids is 1. The molecule has 8 nitrogen and oxygen atoms in total. The fraction of sp³-hybridized carbons (Fsp3) is 0.368. The molecular formula is C19H19Cl2FN4O4. The van der Waals surface area contributed by atoms with Gasteiger partial charge in [0.15, 0.2) is 11.5 Å². The Balaban J connectivity index is 2.02. The summed E-state index contributed by atoms with van der Waals surface area (Å²) < 4.78 is 19.3. The van der Waals surface area contributed by atoms with E-state index in [1.807, 2.05) is 0 Å². The molecule has 160 valence electrons. The molecule has 0 aliphatic carbocycles. The molecule has 1 aromatic heterocycles. The largest absolute Gasteiger partial charge is 0.476 e. The minimum atomic E-state index is -1.28. The highest BCUT2D eigenvalue weighted by Gasteiger charge is 2.33. The number of anilines is 2. The highest BCUT2D eigenvalue weighted by atomic mass is 35.5. The Kier molecular flexibility index (Phi) is 6.05. The Morgan fingerprint density at radius 1 is 1.23 bits per heavy atom. The number of carbonyl (C=O) groups excluding carboxylic acids is 1. The van der Waals surface area contributed by atoms with Gasteiger partial charge in [-0.05, 0) is 32.9 Å². The van der Waals surface area contributed by atoms with Crippen molar-refractivity contribution < 1.29 is 23.8 Å². The second kappa shape index (κ2) is 8.23. The van der Waals surface area contributed by atoms with Gasteiger partial charge in [0.2, 0.25) is 0 Å². The number of aromatic carboxylic acids is 1. The van der Waals surface area contributed by atoms with Gasteiger partial charge < -0.3 is 14.7 Å². The van der Waals surface area contributed by atoms with Crippen LogP contribution in [-0.4, -0.2) is 46.1 Å². The Hall–Kier alpha value is -2.65. The molecule has 0 unspecified atom stereocenters. The molecule has 0 spiro atoms. The average Bonchev–Trinajstić information content (AvgIpc) is 2.66. The van der Waals surface area contributed by atoms with Crippen LogP contribution < -0.4 is 9.80 Å². The third kappa shape index (κ3) is 4.57. The van der Waals surface area contributed by atoms with Crippen LogP contribution in [0.3, 0.4) is 0 Å². The van der Waals surface area contributed by atoms with Crippen molar-refractivity contribution in [3.63, 3.8) is 0 Å². The minimum Gasteiger partial charge on any atom is -0.476 e. The minimum absolute atomic E-state index is 0.0787. The van der Waals surface area contributed by atoms with Gasteiger partial charge in [-0.1, -0.05) is 23.2 Å². The molecule has 1 amide bonds. The summed E-state index contributed by atoms with van der Waals surface area (Å²) in [5, 5.41) is 17.0. The fourth-order valence-electron chi connectivity index (χ4n) is 2.92. The number of nitrogens with zero attached hydrogens (tertiary/aromatic N) is 4. The first-order valence-corrected chi connectivity index (χ1v) is 9.72. The SMILES string of the molecule is CC(C)(C)OC(=O)N1CCN(Cc2c(Cl)ccc(F)c2Cl)c2cc(C(=O)O)nnc21. The van der Waals surface area contributed by atoms with E-state index in [4.69, 9.17) is 27.9 Å². The topological polar surface area (TPSA) is 95.9 Å². The van der Waals surface area contributed by atoms with Crippen molar-refractivity contribution in [2.24, 2.45) is 0 Å². The first-order valence-electron chi connectivity index (χ1n) is 8.97. The van der Waals surface area contributed by atoms with Crippen molar-refractivity contribution in [1.82, 2.24) is 10.2 Å². The van der Waals surface area contributed by atoms with Crippen LogP contribution in [0.4, 0.5) is 20.7 Å². The second-order valence-corrected chi connectivity index (χ2v) is 8.40. The predicted octanol–water partition coefficient (Wildman–Crippen LogP) is 4.38. The molecule has 1 aromatic carbocycles. The molecule has 0 atom stereocenters. The normalized spacial score (nSPS) is 13.8. The third-order valence-corrected chi connectivity index (χ3v) is 5.03. The Bertz CT molecular complexity index is 1010. The quantitative estimate of drug-likeness (QED) is 0.684. The van der Waals surface area contributed by atoms with Crippen molar-refractivity contribution >= 4 is 46.8 Å². The third-order valence-electron chi connectivity index (χ3n) is 4.27. The van der Waals surface area contributed by atoms with Crippen molar-refractivity contribution in [1.29, 1.82) is 0 Å². The molecule has 1 aliphatic heterocycles. The summed E-state index contributed by atoms with van der Waals surface area (Å²) in [5.74, 6) is -1.77. The summed E-state index contributed by atoms with van der Waals surface area (Å²) in [6, 6.07) is 3.85. The van der Waals surface area contributed by atoms with Crippen molar-refractivity contribution in [2.45, 2.75) is 32.9 Å². The van der Waals surface area contributed by atoms with E-state index in [1.54, 1.807) is 25.7 Å². The molecular weight excluding hydrogens is 438 g/mol. The lowest BCUT2D eigenvalue weighted by Gasteiger charge is -2.37. The van der Waals surface area contributed by atoms with Crippen LogP contribution in [0.1, 0.15) is 36.8 Å². The second-order valence-electron chi connectivity index (χ2n) is 7.62. The summed E-state index contributed by atoms with van der Waals surface area (Å²) in [4.78, 5) is 27.0. The van der Waals surface area contributed by atoms with E-state index in [2.05, 4.69) is 10.2 Å². The van der Waals surface area contributed by atoms with Crippen LogP contribution in [0, 0.1) is 5.82 Å². The van der Waals surface area contributed by atoms with Gasteiger partial charge in [0, 0.05) is 36.3 Å². The molecule has 0 fully saturated rings. The van der Waals surface area contributed by atoms with E-state index in [-0.39, 0.29) is 41.2 Å². The molecule has 0 radical (unpaired) electrons. The van der Waals surface area contributed by atoms with Gasteiger partial charge in [-0.3, -0.25) is 4.90 Å². The first kappa shape index (κ1) is 22.0. The highest BCUT2D eigenvalue weighted by Crippen LogP contribution is 2.36. The Morgan fingerprint density at radius 3 is 2.57 bits per heavy atom. The molecule has 1 aliphatic rings. The molecule has 11 heteroatoms. The monoisotopic (exact) mass is 456 g/mol. The van der Waals surface area contributed by atoms with E-state index >= 15 is 0 Å². The van der Waals surface area contributed by atoms with Crippen LogP contribution in [-0.2, 0) is 11.3 Å². The fourth-order valence-corrected chi connectivity index (χ4v) is 3.41. The summed E-state index contributed by atoms with van der Waals surface area (Å²) in [7, 11) is 0. The number of aromatic nitrogens is 2. The van der Waals surface area contributed by atoms with E-state index < -0.39 is 23.5 Å². The predicted molar refractivity (Wildman–Crippen MR) is 110 cm³/mol. The van der Waals surface area contributed by atoms with Crippen molar-refractivity contribution in [2.75, 3.05) is 22.9 Å². The molecule has 2 heterocycles. The van der Waals surface area contributed by atoms with Crippen LogP contribution in [0.15, 0.2) is 18.2 Å². The standard InChI is InChI=1S/C19H19Cl2FN4O4/c1-19(2,3)30-18(29)26-7-6-25(9-10-11(20)4-5-12(22)15(10)21)14-8-13(17(27)28)23-24-16(14)26/h4-5,8H,6-7,9H2,1-3H3,(H,27,28). The lowest BCUT2D eigenvalue weighted by molar-refractivity contribution is 0.0578. The van der Waals surface area contributed by atoms with Gasteiger partial charge in [-0.25, -0.2) is 14.0 Å². The number of amides is 1. The zero-order valence-corrected chi connectivity index (χ0v) is 18.0. The highest BCUT2D eigenvalue weighted by molar-refractivity contribution is 6.36. The number of hydrogen-bond acceptors (Lipinski definition) is 6. The van der Waals surface area contributed by atoms with Crippen molar-refractivity contribution in [3.05, 3.63) is 45.3 Å². The molecule has 2 aromatic rings. The number of halogens is 3. The summed E-state index contributed by atoms with van der Waals surface area (Å²) in [6.45, 7) is 5.74. The lowest BCUT2D eigenvalue weighted by atomic mass is 10.1. The van der Waals surface area contributed by atoms with E-state index in [1.165, 1.54) is 17.0 Å². The van der Waals surface area contributed by atoms with E-state index in [9.17, 15) is 19.1 Å². The molecule has 0 saturated carbocycles. The van der Waals surface area contributed by atoms with E-state index in [0.29, 0.717) is 11.3 Å².